The number of carbonyl (C=O) groups is 1. The van der Waals surface area contributed by atoms with Gasteiger partial charge in [0.1, 0.15) is 5.54 Å². The highest BCUT2D eigenvalue weighted by Crippen LogP contribution is 2.35. The molecule has 126 valence electrons. The van der Waals surface area contributed by atoms with Gasteiger partial charge in [0.15, 0.2) is 0 Å². The van der Waals surface area contributed by atoms with Gasteiger partial charge in [0.25, 0.3) is 0 Å². The first kappa shape index (κ1) is 17.3. The summed E-state index contributed by atoms with van der Waals surface area (Å²) in [7, 11) is 0. The van der Waals surface area contributed by atoms with Crippen molar-refractivity contribution in [2.45, 2.75) is 28.2 Å². The molecule has 6 heteroatoms. The van der Waals surface area contributed by atoms with Gasteiger partial charge in [-0.1, -0.05) is 41.6 Å². The van der Waals surface area contributed by atoms with Crippen LogP contribution in [0.25, 0.3) is 0 Å². The lowest BCUT2D eigenvalue weighted by molar-refractivity contribution is -0.124. The van der Waals surface area contributed by atoms with Crippen LogP contribution in [0.15, 0.2) is 58.3 Å². The number of hydrogen-bond acceptors (Lipinski definition) is 4. The second kappa shape index (κ2) is 7.57. The highest BCUT2D eigenvalue weighted by atomic mass is 35.5. The van der Waals surface area contributed by atoms with Gasteiger partial charge in [-0.3, -0.25) is 4.79 Å². The van der Waals surface area contributed by atoms with Crippen LogP contribution in [0.1, 0.15) is 12.8 Å². The summed E-state index contributed by atoms with van der Waals surface area (Å²) < 4.78 is 5.27. The maximum atomic E-state index is 12.4. The number of rotatable bonds is 4. The Morgan fingerprint density at radius 1 is 1.17 bits per heavy atom. The normalized spacial score (nSPS) is 16.6. The van der Waals surface area contributed by atoms with Gasteiger partial charge in [-0.25, -0.2) is 0 Å². The zero-order chi connectivity index (χ0) is 17.0. The fourth-order valence-electron chi connectivity index (χ4n) is 2.50. The molecule has 0 unspecified atom stereocenters. The first-order chi connectivity index (χ1) is 11.6. The molecule has 2 aromatic carbocycles. The van der Waals surface area contributed by atoms with Crippen LogP contribution < -0.4 is 11.1 Å². The van der Waals surface area contributed by atoms with Crippen LogP contribution in [-0.4, -0.2) is 24.7 Å². The molecule has 1 amide bonds. The average Bonchev–Trinajstić information content (AvgIpc) is 2.59. The van der Waals surface area contributed by atoms with Gasteiger partial charge in [0.2, 0.25) is 5.91 Å². The molecule has 0 radical (unpaired) electrons. The molecule has 2 aromatic rings. The number of benzene rings is 2. The van der Waals surface area contributed by atoms with Crippen LogP contribution in [0.3, 0.4) is 0 Å². The fourth-order valence-corrected chi connectivity index (χ4v) is 3.63. The molecular weight excluding hydrogens is 344 g/mol. The van der Waals surface area contributed by atoms with E-state index in [0.717, 1.165) is 9.79 Å². The molecule has 0 bridgehead atoms. The van der Waals surface area contributed by atoms with Gasteiger partial charge in [-0.05, 0) is 43.2 Å². The van der Waals surface area contributed by atoms with E-state index in [1.807, 2.05) is 42.5 Å². The van der Waals surface area contributed by atoms with Crippen molar-refractivity contribution >= 4 is 35.0 Å². The van der Waals surface area contributed by atoms with Crippen LogP contribution in [0, 0.1) is 0 Å². The predicted octanol–water partition coefficient (Wildman–Crippen LogP) is 3.94. The molecule has 0 saturated carbocycles. The molecule has 3 N–H and O–H groups in total. The number of hydrogen-bond donors (Lipinski definition) is 2. The smallest absolute Gasteiger partial charge is 0.244 e. The zero-order valence-corrected chi connectivity index (χ0v) is 14.7. The van der Waals surface area contributed by atoms with Crippen LogP contribution in [-0.2, 0) is 9.53 Å². The maximum Gasteiger partial charge on any atom is 0.244 e. The summed E-state index contributed by atoms with van der Waals surface area (Å²) in [5, 5.41) is 3.47. The highest BCUT2D eigenvalue weighted by molar-refractivity contribution is 7.99. The standard InChI is InChI=1S/C18H19ClN2O2S/c19-15-12-13(21-17(22)18(20)8-10-23-11-9-18)6-7-16(15)24-14-4-2-1-3-5-14/h1-7,12H,8-11,20H2,(H,21,22). The van der Waals surface area contributed by atoms with Gasteiger partial charge >= 0.3 is 0 Å². The fraction of sp³-hybridized carbons (Fsp3) is 0.278. The molecule has 3 rings (SSSR count). The maximum absolute atomic E-state index is 12.4. The second-order valence-electron chi connectivity index (χ2n) is 5.78. The van der Waals surface area contributed by atoms with Crippen molar-refractivity contribution in [1.82, 2.24) is 0 Å². The van der Waals surface area contributed by atoms with E-state index in [1.165, 1.54) is 0 Å². The monoisotopic (exact) mass is 362 g/mol. The van der Waals surface area contributed by atoms with Crippen LogP contribution >= 0.6 is 23.4 Å². The van der Waals surface area contributed by atoms with E-state index < -0.39 is 5.54 Å². The number of amides is 1. The third kappa shape index (κ3) is 4.11. The minimum atomic E-state index is -0.873. The molecule has 1 saturated heterocycles. The quantitative estimate of drug-likeness (QED) is 0.864. The molecule has 0 aliphatic carbocycles. The lowest BCUT2D eigenvalue weighted by Gasteiger charge is -2.31. The lowest BCUT2D eigenvalue weighted by Crippen LogP contribution is -2.54. The van der Waals surface area contributed by atoms with Crippen LogP contribution in [0.5, 0.6) is 0 Å². The Bertz CT molecular complexity index is 718. The van der Waals surface area contributed by atoms with Gasteiger partial charge in [-0.2, -0.15) is 0 Å². The van der Waals surface area contributed by atoms with E-state index in [2.05, 4.69) is 5.32 Å². The molecule has 1 heterocycles. The van der Waals surface area contributed by atoms with Crippen molar-refractivity contribution < 1.29 is 9.53 Å². The molecule has 1 aliphatic heterocycles. The molecule has 0 spiro atoms. The summed E-state index contributed by atoms with van der Waals surface area (Å²) >= 11 is 7.94. The average molecular weight is 363 g/mol. The first-order valence-electron chi connectivity index (χ1n) is 7.77. The second-order valence-corrected chi connectivity index (χ2v) is 7.31. The summed E-state index contributed by atoms with van der Waals surface area (Å²) in [5.41, 5.74) is 5.97. The zero-order valence-electron chi connectivity index (χ0n) is 13.1. The molecule has 0 aromatic heterocycles. The van der Waals surface area contributed by atoms with Crippen molar-refractivity contribution in [1.29, 1.82) is 0 Å². The van der Waals surface area contributed by atoms with Crippen LogP contribution in [0.2, 0.25) is 5.02 Å². The number of ether oxygens (including phenoxy) is 1. The summed E-state index contributed by atoms with van der Waals surface area (Å²) in [5.74, 6) is -0.190. The van der Waals surface area contributed by atoms with Crippen molar-refractivity contribution in [3.8, 4) is 0 Å². The lowest BCUT2D eigenvalue weighted by atomic mass is 9.90. The van der Waals surface area contributed by atoms with Crippen molar-refractivity contribution in [2.75, 3.05) is 18.5 Å². The van der Waals surface area contributed by atoms with Gasteiger partial charge in [0, 0.05) is 28.7 Å². The summed E-state index contributed by atoms with van der Waals surface area (Å²) in [4.78, 5) is 14.5. The largest absolute Gasteiger partial charge is 0.381 e. The third-order valence-electron chi connectivity index (χ3n) is 4.00. The van der Waals surface area contributed by atoms with Crippen LogP contribution in [0.4, 0.5) is 5.69 Å². The van der Waals surface area contributed by atoms with Crippen molar-refractivity contribution in [3.63, 3.8) is 0 Å². The van der Waals surface area contributed by atoms with E-state index in [1.54, 1.807) is 17.8 Å². The van der Waals surface area contributed by atoms with E-state index in [4.69, 9.17) is 22.1 Å². The Labute approximate surface area is 150 Å². The minimum Gasteiger partial charge on any atom is -0.381 e. The van der Waals surface area contributed by atoms with E-state index >= 15 is 0 Å². The van der Waals surface area contributed by atoms with E-state index in [-0.39, 0.29) is 5.91 Å². The Kier molecular flexibility index (Phi) is 5.46. The number of halogens is 1. The van der Waals surface area contributed by atoms with Crippen molar-refractivity contribution in [2.24, 2.45) is 5.73 Å². The molecule has 1 aliphatic rings. The SMILES string of the molecule is NC1(C(=O)Nc2ccc(Sc3ccccc3)c(Cl)c2)CCOCC1. The van der Waals surface area contributed by atoms with Gasteiger partial charge < -0.3 is 15.8 Å². The Morgan fingerprint density at radius 3 is 2.54 bits per heavy atom. The summed E-state index contributed by atoms with van der Waals surface area (Å²) in [6.45, 7) is 1.02. The number of carbonyl (C=O) groups excluding carboxylic acids is 1. The molecule has 1 fully saturated rings. The Morgan fingerprint density at radius 2 is 1.88 bits per heavy atom. The van der Waals surface area contributed by atoms with Crippen molar-refractivity contribution in [3.05, 3.63) is 53.6 Å². The molecular formula is C18H19ClN2O2S. The highest BCUT2D eigenvalue weighted by Gasteiger charge is 2.35. The van der Waals surface area contributed by atoms with E-state index in [9.17, 15) is 4.79 Å². The number of anilines is 1. The minimum absolute atomic E-state index is 0.190. The number of nitrogens with two attached hydrogens (primary N) is 1. The molecule has 24 heavy (non-hydrogen) atoms. The first-order valence-corrected chi connectivity index (χ1v) is 8.97. The molecule has 0 atom stereocenters. The Balaban J connectivity index is 1.69. The summed E-state index contributed by atoms with van der Waals surface area (Å²) in [6, 6.07) is 15.5. The topological polar surface area (TPSA) is 64.4 Å². The van der Waals surface area contributed by atoms with E-state index in [0.29, 0.717) is 36.8 Å². The van der Waals surface area contributed by atoms with Gasteiger partial charge in [0.05, 0.1) is 5.02 Å². The third-order valence-corrected chi connectivity index (χ3v) is 5.51. The Hall–Kier alpha value is -1.53. The van der Waals surface area contributed by atoms with Gasteiger partial charge in [-0.15, -0.1) is 0 Å². The number of nitrogens with one attached hydrogen (secondary N) is 1. The summed E-state index contributed by atoms with van der Waals surface area (Å²) in [6.07, 6.45) is 1.04. The predicted molar refractivity (Wildman–Crippen MR) is 97.6 cm³/mol. The molecule has 4 nitrogen and oxygen atoms in total.